The average molecular weight is 184 g/mol. The van der Waals surface area contributed by atoms with Crippen molar-refractivity contribution in [2.45, 2.75) is 20.8 Å². The van der Waals surface area contributed by atoms with Crippen LogP contribution in [0.1, 0.15) is 20.8 Å². The number of hydrogen-bond acceptors (Lipinski definition) is 2. The van der Waals surface area contributed by atoms with E-state index in [1.165, 1.54) is 0 Å². The maximum absolute atomic E-state index is 11.3. The fourth-order valence-corrected chi connectivity index (χ4v) is 1.87. The van der Waals surface area contributed by atoms with Crippen molar-refractivity contribution in [2.75, 3.05) is 26.7 Å². The maximum atomic E-state index is 11.3. The number of nitrogens with zero attached hydrogens (tertiary/aromatic N) is 1. The number of carbonyl (C=O) groups excluding carboxylic acids is 1. The summed E-state index contributed by atoms with van der Waals surface area (Å²) in [6.07, 6.45) is 0. The standard InChI is InChI=1S/C10H20N2O/c1-8(2)9(13)11-5-10(3)6-12(4)7-10/h8H,5-7H2,1-4H3,(H,11,13). The number of amides is 1. The minimum Gasteiger partial charge on any atom is -0.355 e. The van der Waals surface area contributed by atoms with Gasteiger partial charge in [0.1, 0.15) is 0 Å². The van der Waals surface area contributed by atoms with E-state index in [2.05, 4.69) is 24.2 Å². The van der Waals surface area contributed by atoms with Gasteiger partial charge in [0, 0.05) is 31.0 Å². The number of hydrogen-bond donors (Lipinski definition) is 1. The first-order chi connectivity index (χ1) is 5.93. The van der Waals surface area contributed by atoms with E-state index < -0.39 is 0 Å². The van der Waals surface area contributed by atoms with Gasteiger partial charge in [-0.3, -0.25) is 4.79 Å². The topological polar surface area (TPSA) is 32.3 Å². The quantitative estimate of drug-likeness (QED) is 0.700. The van der Waals surface area contributed by atoms with E-state index in [0.29, 0.717) is 5.41 Å². The van der Waals surface area contributed by atoms with Crippen LogP contribution in [0.15, 0.2) is 0 Å². The van der Waals surface area contributed by atoms with E-state index in [1.54, 1.807) is 0 Å². The van der Waals surface area contributed by atoms with Crippen molar-refractivity contribution in [1.29, 1.82) is 0 Å². The molecule has 0 saturated carbocycles. The van der Waals surface area contributed by atoms with E-state index in [1.807, 2.05) is 13.8 Å². The summed E-state index contributed by atoms with van der Waals surface area (Å²) < 4.78 is 0. The second-order valence-corrected chi connectivity index (χ2v) is 4.86. The second kappa shape index (κ2) is 3.66. The Morgan fingerprint density at radius 1 is 1.54 bits per heavy atom. The molecule has 1 fully saturated rings. The third kappa shape index (κ3) is 2.69. The molecular formula is C10H20N2O. The third-order valence-corrected chi connectivity index (χ3v) is 2.52. The molecule has 1 aliphatic rings. The minimum absolute atomic E-state index is 0.0985. The third-order valence-electron chi connectivity index (χ3n) is 2.52. The monoisotopic (exact) mass is 184 g/mol. The molecule has 0 aromatic carbocycles. The Morgan fingerprint density at radius 2 is 2.08 bits per heavy atom. The molecule has 0 aromatic heterocycles. The van der Waals surface area contributed by atoms with Crippen molar-refractivity contribution in [3.05, 3.63) is 0 Å². The molecule has 3 heteroatoms. The van der Waals surface area contributed by atoms with Crippen molar-refractivity contribution >= 4 is 5.91 Å². The molecule has 0 radical (unpaired) electrons. The largest absolute Gasteiger partial charge is 0.355 e. The summed E-state index contributed by atoms with van der Waals surface area (Å²) in [6, 6.07) is 0. The minimum atomic E-state index is 0.0985. The molecule has 1 amide bonds. The molecule has 0 atom stereocenters. The first-order valence-electron chi connectivity index (χ1n) is 4.89. The highest BCUT2D eigenvalue weighted by atomic mass is 16.1. The smallest absolute Gasteiger partial charge is 0.222 e. The summed E-state index contributed by atoms with van der Waals surface area (Å²) in [6.45, 7) is 9.05. The van der Waals surface area contributed by atoms with Crippen LogP contribution in [0.4, 0.5) is 0 Å². The first-order valence-corrected chi connectivity index (χ1v) is 4.89. The summed E-state index contributed by atoms with van der Waals surface area (Å²) >= 11 is 0. The molecule has 0 aliphatic carbocycles. The molecule has 0 unspecified atom stereocenters. The van der Waals surface area contributed by atoms with E-state index >= 15 is 0 Å². The highest BCUT2D eigenvalue weighted by Crippen LogP contribution is 2.26. The lowest BCUT2D eigenvalue weighted by atomic mass is 9.82. The van der Waals surface area contributed by atoms with Crippen LogP contribution < -0.4 is 5.32 Å². The van der Waals surface area contributed by atoms with E-state index in [9.17, 15) is 4.79 Å². The molecule has 1 saturated heterocycles. The molecule has 3 nitrogen and oxygen atoms in total. The Morgan fingerprint density at radius 3 is 2.46 bits per heavy atom. The molecule has 76 valence electrons. The molecule has 1 rings (SSSR count). The molecule has 1 N–H and O–H groups in total. The van der Waals surface area contributed by atoms with Crippen LogP contribution in [0.2, 0.25) is 0 Å². The van der Waals surface area contributed by atoms with Crippen molar-refractivity contribution in [3.8, 4) is 0 Å². The van der Waals surface area contributed by atoms with E-state index in [0.717, 1.165) is 19.6 Å². The molecule has 1 aliphatic heterocycles. The number of likely N-dealkylation sites (tertiary alicyclic amines) is 1. The van der Waals surface area contributed by atoms with Gasteiger partial charge in [0.2, 0.25) is 5.91 Å². The zero-order valence-electron chi connectivity index (χ0n) is 9.05. The van der Waals surface area contributed by atoms with Crippen molar-refractivity contribution in [3.63, 3.8) is 0 Å². The van der Waals surface area contributed by atoms with E-state index in [-0.39, 0.29) is 11.8 Å². The van der Waals surface area contributed by atoms with Gasteiger partial charge in [-0.2, -0.15) is 0 Å². The highest BCUT2D eigenvalue weighted by molar-refractivity contribution is 5.77. The van der Waals surface area contributed by atoms with Crippen LogP contribution in [-0.4, -0.2) is 37.5 Å². The molecule has 0 bridgehead atoms. The SMILES string of the molecule is CC(C)C(=O)NCC1(C)CN(C)C1. The number of rotatable bonds is 3. The Hall–Kier alpha value is -0.570. The van der Waals surface area contributed by atoms with Gasteiger partial charge in [0.25, 0.3) is 0 Å². The van der Waals surface area contributed by atoms with Crippen LogP contribution in [0, 0.1) is 11.3 Å². The zero-order valence-corrected chi connectivity index (χ0v) is 9.05. The molecule has 13 heavy (non-hydrogen) atoms. The zero-order chi connectivity index (χ0) is 10.1. The summed E-state index contributed by atoms with van der Waals surface area (Å²) in [5, 5.41) is 2.98. The Balaban J connectivity index is 2.23. The molecule has 0 aromatic rings. The van der Waals surface area contributed by atoms with Gasteiger partial charge in [-0.1, -0.05) is 20.8 Å². The lowest BCUT2D eigenvalue weighted by Gasteiger charge is -2.46. The van der Waals surface area contributed by atoms with Crippen molar-refractivity contribution in [1.82, 2.24) is 10.2 Å². The lowest BCUT2D eigenvalue weighted by Crippen LogP contribution is -2.57. The van der Waals surface area contributed by atoms with Crippen molar-refractivity contribution < 1.29 is 4.79 Å². The van der Waals surface area contributed by atoms with Gasteiger partial charge in [0.15, 0.2) is 0 Å². The second-order valence-electron chi connectivity index (χ2n) is 4.86. The number of nitrogens with one attached hydrogen (secondary N) is 1. The maximum Gasteiger partial charge on any atom is 0.222 e. The van der Waals surface area contributed by atoms with Crippen molar-refractivity contribution in [2.24, 2.45) is 11.3 Å². The molecular weight excluding hydrogens is 164 g/mol. The Labute approximate surface area is 80.5 Å². The van der Waals surface area contributed by atoms with Gasteiger partial charge in [0.05, 0.1) is 0 Å². The summed E-state index contributed by atoms with van der Waals surface area (Å²) in [5.74, 6) is 0.261. The van der Waals surface area contributed by atoms with Gasteiger partial charge >= 0.3 is 0 Å². The van der Waals surface area contributed by atoms with Crippen LogP contribution >= 0.6 is 0 Å². The molecule has 0 spiro atoms. The van der Waals surface area contributed by atoms with Gasteiger partial charge in [-0.05, 0) is 7.05 Å². The average Bonchev–Trinajstić information content (AvgIpc) is 1.97. The van der Waals surface area contributed by atoms with Crippen LogP contribution in [-0.2, 0) is 4.79 Å². The number of carbonyl (C=O) groups is 1. The molecule has 1 heterocycles. The Kier molecular flexibility index (Phi) is 2.96. The lowest BCUT2D eigenvalue weighted by molar-refractivity contribution is -0.125. The fourth-order valence-electron chi connectivity index (χ4n) is 1.87. The van der Waals surface area contributed by atoms with E-state index in [4.69, 9.17) is 0 Å². The van der Waals surface area contributed by atoms with Crippen LogP contribution in [0.3, 0.4) is 0 Å². The van der Waals surface area contributed by atoms with Crippen LogP contribution in [0.25, 0.3) is 0 Å². The predicted octanol–water partition coefficient (Wildman–Crippen LogP) is 0.710. The summed E-state index contributed by atoms with van der Waals surface area (Å²) in [4.78, 5) is 13.6. The first kappa shape index (κ1) is 10.5. The summed E-state index contributed by atoms with van der Waals surface area (Å²) in [5.41, 5.74) is 0.305. The normalized spacial score (nSPS) is 21.3. The highest BCUT2D eigenvalue weighted by Gasteiger charge is 2.36. The van der Waals surface area contributed by atoms with Gasteiger partial charge in [-0.25, -0.2) is 0 Å². The summed E-state index contributed by atoms with van der Waals surface area (Å²) in [7, 11) is 2.10. The Bertz CT molecular complexity index is 195. The van der Waals surface area contributed by atoms with Gasteiger partial charge in [-0.15, -0.1) is 0 Å². The van der Waals surface area contributed by atoms with Crippen LogP contribution in [0.5, 0.6) is 0 Å². The fraction of sp³-hybridized carbons (Fsp3) is 0.900. The van der Waals surface area contributed by atoms with Gasteiger partial charge < -0.3 is 10.2 Å². The predicted molar refractivity (Wildman–Crippen MR) is 53.5 cm³/mol.